The normalized spacial score (nSPS) is 15.3. The van der Waals surface area contributed by atoms with Gasteiger partial charge in [0.25, 0.3) is 5.91 Å². The highest BCUT2D eigenvalue weighted by atomic mass is 32.2. The van der Waals surface area contributed by atoms with Crippen LogP contribution >= 0.6 is 0 Å². The van der Waals surface area contributed by atoms with E-state index in [0.29, 0.717) is 38.3 Å². The summed E-state index contributed by atoms with van der Waals surface area (Å²) >= 11 is 0. The number of sulfonamides is 1. The molecule has 1 N–H and O–H groups in total. The van der Waals surface area contributed by atoms with Crippen molar-refractivity contribution in [1.82, 2.24) is 14.5 Å². The van der Waals surface area contributed by atoms with Crippen LogP contribution in [-0.4, -0.2) is 82.1 Å². The van der Waals surface area contributed by atoms with Gasteiger partial charge in [0.2, 0.25) is 15.9 Å². The number of ether oxygens (including phenoxy) is 1. The van der Waals surface area contributed by atoms with Crippen molar-refractivity contribution >= 4 is 21.8 Å². The van der Waals surface area contributed by atoms with E-state index in [4.69, 9.17) is 4.74 Å². The van der Waals surface area contributed by atoms with Gasteiger partial charge in [0, 0.05) is 45.7 Å². The summed E-state index contributed by atoms with van der Waals surface area (Å²) in [7, 11) is 0.0252. The van der Waals surface area contributed by atoms with Gasteiger partial charge in [-0.1, -0.05) is 12.1 Å². The number of hydrogen-bond donors (Lipinski definition) is 1. The zero-order chi connectivity index (χ0) is 19.9. The van der Waals surface area contributed by atoms with E-state index in [1.54, 1.807) is 26.2 Å². The fourth-order valence-corrected chi connectivity index (χ4v) is 4.02. The maximum Gasteiger partial charge on any atom is 0.253 e. The number of morpholine rings is 1. The Bertz CT molecular complexity index is 741. The Labute approximate surface area is 160 Å². The molecule has 1 fully saturated rings. The summed E-state index contributed by atoms with van der Waals surface area (Å²) in [5.74, 6) is -0.374. The molecule has 1 heterocycles. The number of nitrogens with zero attached hydrogens (tertiary/aromatic N) is 2. The minimum absolute atomic E-state index is 0.0687. The highest BCUT2D eigenvalue weighted by Gasteiger charge is 2.23. The molecule has 27 heavy (non-hydrogen) atoms. The van der Waals surface area contributed by atoms with E-state index in [-0.39, 0.29) is 30.5 Å². The van der Waals surface area contributed by atoms with E-state index in [1.807, 2.05) is 12.1 Å². The quantitative estimate of drug-likeness (QED) is 0.671. The molecule has 0 bridgehead atoms. The lowest BCUT2D eigenvalue weighted by molar-refractivity contribution is -0.120. The van der Waals surface area contributed by atoms with Crippen LogP contribution in [0.2, 0.25) is 0 Å². The molecule has 0 saturated carbocycles. The number of rotatable bonds is 8. The lowest BCUT2D eigenvalue weighted by Gasteiger charge is -2.26. The summed E-state index contributed by atoms with van der Waals surface area (Å²) in [6.07, 6.45) is 0.789. The van der Waals surface area contributed by atoms with Crippen molar-refractivity contribution in [3.63, 3.8) is 0 Å². The van der Waals surface area contributed by atoms with Gasteiger partial charge in [0.05, 0.1) is 19.0 Å². The highest BCUT2D eigenvalue weighted by Crippen LogP contribution is 2.09. The zero-order valence-corrected chi connectivity index (χ0v) is 16.6. The van der Waals surface area contributed by atoms with Crippen molar-refractivity contribution in [2.24, 2.45) is 0 Å². The lowest BCUT2D eigenvalue weighted by atomic mass is 10.1. The molecule has 1 aromatic carbocycles. The highest BCUT2D eigenvalue weighted by molar-refractivity contribution is 7.89. The maximum absolute atomic E-state index is 12.2. The van der Waals surface area contributed by atoms with Gasteiger partial charge in [-0.3, -0.25) is 9.59 Å². The first-order valence-corrected chi connectivity index (χ1v) is 10.5. The molecule has 2 rings (SSSR count). The number of carbonyl (C=O) groups is 2. The molecule has 0 atom stereocenters. The summed E-state index contributed by atoms with van der Waals surface area (Å²) in [5.41, 5.74) is 1.54. The van der Waals surface area contributed by atoms with Crippen LogP contribution in [-0.2, 0) is 26.0 Å². The molecule has 0 aromatic heterocycles. The first-order chi connectivity index (χ1) is 12.8. The second-order valence-corrected chi connectivity index (χ2v) is 8.66. The van der Waals surface area contributed by atoms with E-state index in [2.05, 4.69) is 5.32 Å². The molecular formula is C18H27N3O5S. The van der Waals surface area contributed by atoms with Gasteiger partial charge in [0.1, 0.15) is 0 Å². The number of amides is 2. The van der Waals surface area contributed by atoms with Crippen LogP contribution in [0.25, 0.3) is 0 Å². The van der Waals surface area contributed by atoms with E-state index in [9.17, 15) is 18.0 Å². The SMILES string of the molecule is CN(C)C(=O)c1ccc(CCC(=O)NCCS(=O)(=O)N2CCOCC2)cc1. The zero-order valence-electron chi connectivity index (χ0n) is 15.8. The van der Waals surface area contributed by atoms with Gasteiger partial charge >= 0.3 is 0 Å². The Balaban J connectivity index is 1.72. The average Bonchev–Trinajstić information content (AvgIpc) is 2.66. The Morgan fingerprint density at radius 3 is 2.37 bits per heavy atom. The molecule has 0 unspecified atom stereocenters. The summed E-state index contributed by atoms with van der Waals surface area (Å²) in [5, 5.41) is 2.66. The van der Waals surface area contributed by atoms with Crippen LogP contribution in [0.3, 0.4) is 0 Å². The second kappa shape index (κ2) is 9.82. The third-order valence-electron chi connectivity index (χ3n) is 4.29. The number of hydrogen-bond acceptors (Lipinski definition) is 5. The van der Waals surface area contributed by atoms with Crippen molar-refractivity contribution < 1.29 is 22.7 Å². The van der Waals surface area contributed by atoms with Gasteiger partial charge in [0.15, 0.2) is 0 Å². The third-order valence-corrected chi connectivity index (χ3v) is 6.17. The van der Waals surface area contributed by atoms with E-state index >= 15 is 0 Å². The topological polar surface area (TPSA) is 96.0 Å². The number of carbonyl (C=O) groups excluding carboxylic acids is 2. The fraction of sp³-hybridized carbons (Fsp3) is 0.556. The molecule has 1 saturated heterocycles. The third kappa shape index (κ3) is 6.60. The summed E-state index contributed by atoms with van der Waals surface area (Å²) in [4.78, 5) is 25.3. The Hall–Kier alpha value is -1.97. The van der Waals surface area contributed by atoms with E-state index < -0.39 is 10.0 Å². The predicted octanol–water partition coefficient (Wildman–Crippen LogP) is 0.0992. The van der Waals surface area contributed by atoms with Crippen molar-refractivity contribution in [3.05, 3.63) is 35.4 Å². The molecule has 0 radical (unpaired) electrons. The van der Waals surface area contributed by atoms with Crippen LogP contribution in [0, 0.1) is 0 Å². The van der Waals surface area contributed by atoms with Crippen molar-refractivity contribution in [2.75, 3.05) is 52.7 Å². The summed E-state index contributed by atoms with van der Waals surface area (Å²) in [6, 6.07) is 7.13. The Morgan fingerprint density at radius 2 is 1.78 bits per heavy atom. The maximum atomic E-state index is 12.2. The number of nitrogens with one attached hydrogen (secondary N) is 1. The predicted molar refractivity (Wildman–Crippen MR) is 102 cm³/mol. The van der Waals surface area contributed by atoms with Gasteiger partial charge in [-0.05, 0) is 24.1 Å². The van der Waals surface area contributed by atoms with Crippen LogP contribution in [0.4, 0.5) is 0 Å². The monoisotopic (exact) mass is 397 g/mol. The fourth-order valence-electron chi connectivity index (χ4n) is 2.69. The number of benzene rings is 1. The van der Waals surface area contributed by atoms with Crippen LogP contribution in [0.1, 0.15) is 22.3 Å². The molecule has 0 spiro atoms. The van der Waals surface area contributed by atoms with E-state index in [1.165, 1.54) is 9.21 Å². The van der Waals surface area contributed by atoms with Crippen LogP contribution in [0.15, 0.2) is 24.3 Å². The van der Waals surface area contributed by atoms with Crippen molar-refractivity contribution in [3.8, 4) is 0 Å². The molecular weight excluding hydrogens is 370 g/mol. The van der Waals surface area contributed by atoms with E-state index in [0.717, 1.165) is 5.56 Å². The summed E-state index contributed by atoms with van der Waals surface area (Å²) < 4.78 is 30.9. The average molecular weight is 397 g/mol. The minimum Gasteiger partial charge on any atom is -0.379 e. The van der Waals surface area contributed by atoms with Gasteiger partial charge in [-0.15, -0.1) is 0 Å². The molecule has 2 amide bonds. The van der Waals surface area contributed by atoms with Gasteiger partial charge in [-0.25, -0.2) is 8.42 Å². The van der Waals surface area contributed by atoms with Crippen molar-refractivity contribution in [1.29, 1.82) is 0 Å². The second-order valence-electron chi connectivity index (χ2n) is 6.57. The Morgan fingerprint density at radius 1 is 1.15 bits per heavy atom. The van der Waals surface area contributed by atoms with Crippen LogP contribution in [0.5, 0.6) is 0 Å². The van der Waals surface area contributed by atoms with Crippen molar-refractivity contribution in [2.45, 2.75) is 12.8 Å². The molecule has 9 heteroatoms. The first kappa shape index (κ1) is 21.3. The molecule has 8 nitrogen and oxygen atoms in total. The van der Waals surface area contributed by atoms with Gasteiger partial charge < -0.3 is 15.0 Å². The molecule has 1 aliphatic rings. The molecule has 1 aliphatic heterocycles. The first-order valence-electron chi connectivity index (χ1n) is 8.92. The Kier molecular flexibility index (Phi) is 7.76. The van der Waals surface area contributed by atoms with Gasteiger partial charge in [-0.2, -0.15) is 4.31 Å². The molecule has 1 aromatic rings. The molecule has 150 valence electrons. The summed E-state index contributed by atoms with van der Waals surface area (Å²) in [6.45, 7) is 1.63. The van der Waals surface area contributed by atoms with Crippen LogP contribution < -0.4 is 5.32 Å². The minimum atomic E-state index is -3.36. The largest absolute Gasteiger partial charge is 0.379 e. The number of aryl methyl sites for hydroxylation is 1. The lowest BCUT2D eigenvalue weighted by Crippen LogP contribution is -2.43. The smallest absolute Gasteiger partial charge is 0.253 e. The standard InChI is InChI=1S/C18H27N3O5S/c1-20(2)18(23)16-6-3-15(4-7-16)5-8-17(22)19-9-14-27(24,25)21-10-12-26-13-11-21/h3-4,6-7H,5,8-14H2,1-2H3,(H,19,22). The molecule has 0 aliphatic carbocycles.